The Hall–Kier alpha value is -2.76. The fourth-order valence-electron chi connectivity index (χ4n) is 1.78. The maximum absolute atomic E-state index is 12.1. The van der Waals surface area contributed by atoms with Crippen LogP contribution in [-0.2, 0) is 14.3 Å². The van der Waals surface area contributed by atoms with Crippen molar-refractivity contribution in [2.24, 2.45) is 0 Å². The van der Waals surface area contributed by atoms with Crippen molar-refractivity contribution in [3.05, 3.63) is 30.0 Å². The molecule has 0 bridgehead atoms. The third-order valence-electron chi connectivity index (χ3n) is 3.06. The van der Waals surface area contributed by atoms with E-state index in [-0.39, 0.29) is 5.57 Å². The minimum absolute atomic E-state index is 0.0873. The average Bonchev–Trinajstić information content (AvgIpc) is 2.61. The summed E-state index contributed by atoms with van der Waals surface area (Å²) in [5.74, 6) is 0.459. The molecule has 0 aliphatic carbocycles. The van der Waals surface area contributed by atoms with Gasteiger partial charge in [0.1, 0.15) is 11.6 Å². The molecule has 0 unspecified atom stereocenters. The number of carbonyl (C=O) groups excluding carboxylic acids is 1. The number of hydrogen-bond donors (Lipinski definition) is 2. The Morgan fingerprint density at radius 3 is 2.42 bits per heavy atom. The minimum Gasteiger partial charge on any atom is -0.493 e. The lowest BCUT2D eigenvalue weighted by Crippen LogP contribution is -2.27. The monoisotopic (exact) mass is 335 g/mol. The summed E-state index contributed by atoms with van der Waals surface area (Å²) in [6.45, 7) is 0.293. The van der Waals surface area contributed by atoms with E-state index in [9.17, 15) is 4.79 Å². The van der Waals surface area contributed by atoms with Crippen LogP contribution >= 0.6 is 0 Å². The van der Waals surface area contributed by atoms with Gasteiger partial charge in [0.05, 0.1) is 20.8 Å². The molecule has 0 heterocycles. The van der Waals surface area contributed by atoms with Crippen LogP contribution in [0.4, 0.5) is 5.69 Å². The van der Waals surface area contributed by atoms with Crippen LogP contribution in [0, 0.1) is 11.3 Å². The van der Waals surface area contributed by atoms with Gasteiger partial charge in [-0.15, -0.1) is 0 Å². The molecule has 0 atom stereocenters. The molecule has 0 saturated heterocycles. The van der Waals surface area contributed by atoms with Crippen molar-refractivity contribution >= 4 is 11.6 Å². The number of anilines is 1. The van der Waals surface area contributed by atoms with Gasteiger partial charge in [0, 0.05) is 32.2 Å². The van der Waals surface area contributed by atoms with Crippen LogP contribution < -0.4 is 20.1 Å². The number of rotatable bonds is 9. The summed E-state index contributed by atoms with van der Waals surface area (Å²) in [4.78, 5) is 12.1. The smallest absolute Gasteiger partial charge is 0.267 e. The first-order valence-electron chi connectivity index (χ1n) is 7.02. The van der Waals surface area contributed by atoms with Crippen LogP contribution in [0.15, 0.2) is 30.0 Å². The van der Waals surface area contributed by atoms with Crippen molar-refractivity contribution in [3.8, 4) is 17.6 Å². The Bertz CT molecular complexity index is 621. The van der Waals surface area contributed by atoms with E-state index in [0.29, 0.717) is 23.7 Å². The second-order valence-corrected chi connectivity index (χ2v) is 4.50. The topological polar surface area (TPSA) is 102 Å². The summed E-state index contributed by atoms with van der Waals surface area (Å²) in [5, 5.41) is 14.5. The Morgan fingerprint density at radius 2 is 1.88 bits per heavy atom. The zero-order valence-corrected chi connectivity index (χ0v) is 14.1. The fourth-order valence-corrected chi connectivity index (χ4v) is 1.78. The SMILES string of the molecule is COc1ccc(NC(=O)/C(C#N)=C\NCC(OC)OC)cc1OC. The Labute approximate surface area is 140 Å². The lowest BCUT2D eigenvalue weighted by molar-refractivity contribution is -0.112. The fraction of sp³-hybridized carbons (Fsp3) is 0.375. The van der Waals surface area contributed by atoms with Crippen molar-refractivity contribution in [2.75, 3.05) is 40.3 Å². The van der Waals surface area contributed by atoms with Gasteiger partial charge < -0.3 is 29.6 Å². The number of hydrogen-bond acceptors (Lipinski definition) is 7. The van der Waals surface area contributed by atoms with Gasteiger partial charge in [0.2, 0.25) is 0 Å². The first-order valence-corrected chi connectivity index (χ1v) is 7.02. The number of ether oxygens (including phenoxy) is 4. The predicted octanol–water partition coefficient (Wildman–Crippen LogP) is 1.26. The first kappa shape index (κ1) is 19.3. The number of nitrogens with one attached hydrogen (secondary N) is 2. The van der Waals surface area contributed by atoms with Gasteiger partial charge in [0.25, 0.3) is 5.91 Å². The summed E-state index contributed by atoms with van der Waals surface area (Å²) in [6.07, 6.45) is 0.830. The highest BCUT2D eigenvalue weighted by Gasteiger charge is 2.12. The second kappa shape index (κ2) is 10.1. The van der Waals surface area contributed by atoms with Crippen LogP contribution in [0.25, 0.3) is 0 Å². The molecular formula is C16H21N3O5. The van der Waals surface area contributed by atoms with Gasteiger partial charge >= 0.3 is 0 Å². The van der Waals surface area contributed by atoms with Gasteiger partial charge in [-0.2, -0.15) is 5.26 Å². The van der Waals surface area contributed by atoms with Crippen molar-refractivity contribution < 1.29 is 23.7 Å². The number of nitriles is 1. The highest BCUT2D eigenvalue weighted by molar-refractivity contribution is 6.06. The maximum atomic E-state index is 12.1. The van der Waals surface area contributed by atoms with Crippen LogP contribution in [0.5, 0.6) is 11.5 Å². The predicted molar refractivity (Wildman–Crippen MR) is 87.7 cm³/mol. The minimum atomic E-state index is -0.552. The van der Waals surface area contributed by atoms with Gasteiger partial charge in [-0.05, 0) is 12.1 Å². The molecule has 0 fully saturated rings. The molecule has 1 aromatic carbocycles. The summed E-state index contributed by atoms with van der Waals surface area (Å²) in [5.41, 5.74) is 0.390. The van der Waals surface area contributed by atoms with E-state index in [1.54, 1.807) is 18.2 Å². The van der Waals surface area contributed by atoms with E-state index >= 15 is 0 Å². The summed E-state index contributed by atoms with van der Waals surface area (Å²) < 4.78 is 20.3. The molecule has 0 spiro atoms. The van der Waals surface area contributed by atoms with Gasteiger partial charge in [-0.25, -0.2) is 0 Å². The van der Waals surface area contributed by atoms with Crippen LogP contribution in [0.3, 0.4) is 0 Å². The van der Waals surface area contributed by atoms with Crippen molar-refractivity contribution in [2.45, 2.75) is 6.29 Å². The Kier molecular flexibility index (Phi) is 8.11. The molecule has 0 aromatic heterocycles. The zero-order valence-electron chi connectivity index (χ0n) is 14.1. The van der Waals surface area contributed by atoms with E-state index in [4.69, 9.17) is 24.2 Å². The Balaban J connectivity index is 2.75. The quantitative estimate of drug-likeness (QED) is 0.398. The molecule has 1 rings (SSSR count). The summed E-state index contributed by atoms with van der Waals surface area (Å²) >= 11 is 0. The number of carbonyl (C=O) groups is 1. The van der Waals surface area contributed by atoms with Crippen molar-refractivity contribution in [1.29, 1.82) is 5.26 Å². The summed E-state index contributed by atoms with van der Waals surface area (Å²) in [7, 11) is 6.00. The molecule has 24 heavy (non-hydrogen) atoms. The third kappa shape index (κ3) is 5.46. The molecule has 1 amide bonds. The second-order valence-electron chi connectivity index (χ2n) is 4.50. The van der Waals surface area contributed by atoms with E-state index in [2.05, 4.69) is 10.6 Å². The third-order valence-corrected chi connectivity index (χ3v) is 3.06. The zero-order chi connectivity index (χ0) is 17.9. The van der Waals surface area contributed by atoms with Gasteiger partial charge in [0.15, 0.2) is 17.8 Å². The standard InChI is InChI=1S/C16H21N3O5/c1-21-13-6-5-12(7-14(13)22-2)19-16(20)11(8-17)9-18-10-15(23-3)24-4/h5-7,9,15,18H,10H2,1-4H3,(H,19,20)/b11-9-. The highest BCUT2D eigenvalue weighted by atomic mass is 16.7. The molecule has 0 aliphatic rings. The maximum Gasteiger partial charge on any atom is 0.267 e. The number of methoxy groups -OCH3 is 4. The van der Waals surface area contributed by atoms with Gasteiger partial charge in [-0.1, -0.05) is 0 Å². The van der Waals surface area contributed by atoms with E-state index in [1.165, 1.54) is 34.6 Å². The normalized spacial score (nSPS) is 10.9. The lowest BCUT2D eigenvalue weighted by atomic mass is 10.2. The summed E-state index contributed by atoms with van der Waals surface area (Å²) in [6, 6.07) is 6.74. The molecule has 1 aromatic rings. The van der Waals surface area contributed by atoms with Gasteiger partial charge in [-0.3, -0.25) is 4.79 Å². The molecule has 2 N–H and O–H groups in total. The van der Waals surface area contributed by atoms with E-state index in [1.807, 2.05) is 6.07 Å². The van der Waals surface area contributed by atoms with Crippen LogP contribution in [0.2, 0.25) is 0 Å². The molecular weight excluding hydrogens is 314 g/mol. The van der Waals surface area contributed by atoms with Crippen LogP contribution in [0.1, 0.15) is 0 Å². The molecule has 8 heteroatoms. The average molecular weight is 335 g/mol. The molecule has 0 saturated carbocycles. The number of benzene rings is 1. The Morgan fingerprint density at radius 1 is 1.21 bits per heavy atom. The van der Waals surface area contributed by atoms with E-state index < -0.39 is 12.2 Å². The first-order chi connectivity index (χ1) is 11.6. The largest absolute Gasteiger partial charge is 0.493 e. The van der Waals surface area contributed by atoms with Crippen molar-refractivity contribution in [3.63, 3.8) is 0 Å². The molecule has 8 nitrogen and oxygen atoms in total. The number of amides is 1. The van der Waals surface area contributed by atoms with E-state index in [0.717, 1.165) is 0 Å². The molecule has 130 valence electrons. The number of nitrogens with zero attached hydrogens (tertiary/aromatic N) is 1. The highest BCUT2D eigenvalue weighted by Crippen LogP contribution is 2.29. The molecule has 0 radical (unpaired) electrons. The molecule has 0 aliphatic heterocycles. The van der Waals surface area contributed by atoms with Crippen molar-refractivity contribution in [1.82, 2.24) is 5.32 Å². The lowest BCUT2D eigenvalue weighted by Gasteiger charge is -2.13. The van der Waals surface area contributed by atoms with Crippen LogP contribution in [-0.4, -0.2) is 47.2 Å².